The third-order valence-corrected chi connectivity index (χ3v) is 13.7. The molecule has 250 valence electrons. The summed E-state index contributed by atoms with van der Waals surface area (Å²) in [4.78, 5) is 36.1. The molecule has 0 aromatic rings. The van der Waals surface area contributed by atoms with Crippen LogP contribution in [-0.4, -0.2) is 67.8 Å². The van der Waals surface area contributed by atoms with Gasteiger partial charge >= 0.3 is 17.9 Å². The predicted molar refractivity (Wildman–Crippen MR) is 164 cm³/mol. The van der Waals surface area contributed by atoms with Gasteiger partial charge < -0.3 is 29.9 Å². The molecule has 9 heteroatoms. The van der Waals surface area contributed by atoms with E-state index in [2.05, 4.69) is 41.2 Å². The highest BCUT2D eigenvalue weighted by Crippen LogP contribution is 2.76. The van der Waals surface area contributed by atoms with Crippen LogP contribution in [0.2, 0.25) is 0 Å². The Kier molecular flexibility index (Phi) is 9.02. The van der Waals surface area contributed by atoms with E-state index in [0.717, 1.165) is 19.3 Å². The average molecular weight is 621 g/mol. The van der Waals surface area contributed by atoms with Crippen molar-refractivity contribution in [1.82, 2.24) is 0 Å². The minimum atomic E-state index is -1.53. The van der Waals surface area contributed by atoms with Crippen LogP contribution in [0.15, 0.2) is 12.2 Å². The number of esters is 2. The number of aliphatic hydroxyl groups excluding tert-OH is 1. The molecule has 0 saturated heterocycles. The van der Waals surface area contributed by atoms with Crippen molar-refractivity contribution >= 4 is 17.9 Å². The second-order valence-electron chi connectivity index (χ2n) is 16.4. The van der Waals surface area contributed by atoms with Crippen LogP contribution in [0.4, 0.5) is 0 Å². The number of ether oxygens (including phenoxy) is 2. The lowest BCUT2D eigenvalue weighted by atomic mass is 9.35. The van der Waals surface area contributed by atoms with Gasteiger partial charge in [-0.3, -0.25) is 14.4 Å². The monoisotopic (exact) mass is 620 g/mol. The quantitative estimate of drug-likeness (QED) is 0.155. The lowest BCUT2D eigenvalue weighted by Crippen LogP contribution is -2.70. The third kappa shape index (κ3) is 5.32. The van der Waals surface area contributed by atoms with Gasteiger partial charge in [0, 0.05) is 18.3 Å². The first-order chi connectivity index (χ1) is 20.1. The van der Waals surface area contributed by atoms with E-state index >= 15 is 0 Å². The van der Waals surface area contributed by atoms with Gasteiger partial charge in [0.1, 0.15) is 18.6 Å². The van der Waals surface area contributed by atoms with E-state index < -0.39 is 70.6 Å². The van der Waals surface area contributed by atoms with Gasteiger partial charge in [0.25, 0.3) is 0 Å². The lowest BCUT2D eigenvalue weighted by molar-refractivity contribution is -0.275. The molecule has 0 unspecified atom stereocenters. The Labute approximate surface area is 262 Å². The molecular weight excluding hydrogens is 564 g/mol. The highest BCUT2D eigenvalue weighted by Gasteiger charge is 2.75. The molecule has 0 aromatic carbocycles. The van der Waals surface area contributed by atoms with Crippen LogP contribution in [-0.2, 0) is 23.9 Å². The normalized spacial score (nSPS) is 42.9. The molecule has 4 saturated carbocycles. The van der Waals surface area contributed by atoms with Gasteiger partial charge in [-0.2, -0.15) is 0 Å². The first kappa shape index (κ1) is 34.9. The van der Waals surface area contributed by atoms with E-state index in [4.69, 9.17) is 14.6 Å². The highest BCUT2D eigenvalue weighted by molar-refractivity contribution is 5.90. The molecule has 0 bridgehead atoms. The van der Waals surface area contributed by atoms with Crippen LogP contribution < -0.4 is 0 Å². The van der Waals surface area contributed by atoms with Gasteiger partial charge in [0.2, 0.25) is 0 Å². The number of rotatable bonds is 9. The Hall–Kier alpha value is -1.97. The summed E-state index contributed by atoms with van der Waals surface area (Å²) in [7, 11) is 0. The van der Waals surface area contributed by atoms with E-state index in [9.17, 15) is 29.7 Å². The number of carbonyl (C=O) groups excluding carboxylic acids is 2. The molecule has 0 aliphatic heterocycles. The summed E-state index contributed by atoms with van der Waals surface area (Å²) >= 11 is 0. The standard InChI is InChI=1S/C35H56O9/c1-20(2)22(37)10-15-34(9,41)35(42)17-16-33(8)29(35)23(43-21(3)36)18-25-31(6)13-12-26(44-28(40)19-27(38)39)30(4,5)24(31)11-14-32(25,33)7/h22-26,29,37,41-42H,1,10-19H2,2-9H3,(H,38,39)/t22-,23-,24+,25+,26+,29+,31+,32+,33-,34+,35+/m1/s1. The summed E-state index contributed by atoms with van der Waals surface area (Å²) in [5.41, 5.74) is -3.74. The van der Waals surface area contributed by atoms with E-state index in [0.29, 0.717) is 31.3 Å². The van der Waals surface area contributed by atoms with Crippen molar-refractivity contribution in [2.45, 2.75) is 149 Å². The summed E-state index contributed by atoms with van der Waals surface area (Å²) < 4.78 is 11.9. The SMILES string of the molecule is C=C(C)[C@H](O)CC[C@](C)(O)[C@]1(O)CC[C@]2(C)[C@@H]1[C@H](OC(C)=O)C[C@H]1[C@@]3(C)CC[C@H](OC(=O)CC(=O)O)C(C)(C)[C@@H]3CC[C@@]12C. The summed E-state index contributed by atoms with van der Waals surface area (Å²) in [5.74, 6) is -2.53. The maximum Gasteiger partial charge on any atom is 0.317 e. The van der Waals surface area contributed by atoms with Crippen molar-refractivity contribution in [3.05, 3.63) is 12.2 Å². The zero-order chi connectivity index (χ0) is 33.3. The summed E-state index contributed by atoms with van der Waals surface area (Å²) in [6.07, 6.45) is 2.70. The molecule has 0 radical (unpaired) electrons. The van der Waals surface area contributed by atoms with Gasteiger partial charge in [0.15, 0.2) is 0 Å². The van der Waals surface area contributed by atoms with E-state index in [1.54, 1.807) is 13.8 Å². The number of fused-ring (bicyclic) bond motifs is 5. The molecule has 4 fully saturated rings. The lowest BCUT2D eigenvalue weighted by Gasteiger charge is -2.71. The van der Waals surface area contributed by atoms with Crippen molar-refractivity contribution < 1.29 is 44.3 Å². The van der Waals surface area contributed by atoms with Crippen LogP contribution in [0.25, 0.3) is 0 Å². The molecular formula is C35H56O9. The zero-order valence-electron chi connectivity index (χ0n) is 28.1. The van der Waals surface area contributed by atoms with Crippen molar-refractivity contribution in [2.75, 3.05) is 0 Å². The van der Waals surface area contributed by atoms with Crippen LogP contribution in [0.3, 0.4) is 0 Å². The zero-order valence-corrected chi connectivity index (χ0v) is 28.1. The molecule has 0 amide bonds. The second-order valence-corrected chi connectivity index (χ2v) is 16.4. The fourth-order valence-corrected chi connectivity index (χ4v) is 11.1. The van der Waals surface area contributed by atoms with Gasteiger partial charge in [-0.25, -0.2) is 0 Å². The number of carboxylic acids is 1. The van der Waals surface area contributed by atoms with Gasteiger partial charge in [-0.15, -0.1) is 0 Å². The number of hydrogen-bond donors (Lipinski definition) is 4. The van der Waals surface area contributed by atoms with Crippen LogP contribution >= 0.6 is 0 Å². The van der Waals surface area contributed by atoms with Gasteiger partial charge in [-0.1, -0.05) is 46.8 Å². The van der Waals surface area contributed by atoms with Crippen LogP contribution in [0.5, 0.6) is 0 Å². The Balaban J connectivity index is 1.71. The molecule has 4 rings (SSSR count). The number of hydrogen-bond acceptors (Lipinski definition) is 8. The molecule has 4 N–H and O–H groups in total. The predicted octanol–water partition coefficient (Wildman–Crippen LogP) is 5.18. The number of carboxylic acid groups (broad SMARTS) is 1. The largest absolute Gasteiger partial charge is 0.481 e. The first-order valence-electron chi connectivity index (χ1n) is 16.4. The number of aliphatic hydroxyl groups is 3. The first-order valence-corrected chi connectivity index (χ1v) is 16.4. The molecule has 0 heterocycles. The summed E-state index contributed by atoms with van der Waals surface area (Å²) in [5, 5.41) is 44.0. The minimum Gasteiger partial charge on any atom is -0.481 e. The van der Waals surface area contributed by atoms with Crippen LogP contribution in [0, 0.1) is 39.4 Å². The number of aliphatic carboxylic acids is 1. The molecule has 9 nitrogen and oxygen atoms in total. The maximum atomic E-state index is 12.6. The third-order valence-electron chi connectivity index (χ3n) is 13.7. The topological polar surface area (TPSA) is 151 Å². The summed E-state index contributed by atoms with van der Waals surface area (Å²) in [6.45, 7) is 19.7. The van der Waals surface area contributed by atoms with Crippen LogP contribution in [0.1, 0.15) is 120 Å². The average Bonchev–Trinajstić information content (AvgIpc) is 3.19. The van der Waals surface area contributed by atoms with E-state index in [1.807, 2.05) is 0 Å². The van der Waals surface area contributed by atoms with Gasteiger partial charge in [-0.05, 0) is 99.7 Å². The molecule has 44 heavy (non-hydrogen) atoms. The smallest absolute Gasteiger partial charge is 0.317 e. The highest BCUT2D eigenvalue weighted by atomic mass is 16.6. The fourth-order valence-electron chi connectivity index (χ4n) is 11.1. The molecule has 0 spiro atoms. The number of carbonyl (C=O) groups is 3. The maximum absolute atomic E-state index is 12.6. The van der Waals surface area contributed by atoms with E-state index in [-0.39, 0.29) is 35.5 Å². The minimum absolute atomic E-state index is 0.131. The Bertz CT molecular complexity index is 1180. The van der Waals surface area contributed by atoms with Crippen molar-refractivity contribution in [3.8, 4) is 0 Å². The fraction of sp³-hybridized carbons (Fsp3) is 0.857. The molecule has 11 atom stereocenters. The van der Waals surface area contributed by atoms with Crippen molar-refractivity contribution in [3.63, 3.8) is 0 Å². The second kappa shape index (κ2) is 11.4. The Morgan fingerprint density at radius 3 is 2.16 bits per heavy atom. The molecule has 4 aliphatic carbocycles. The summed E-state index contributed by atoms with van der Waals surface area (Å²) in [6, 6.07) is 0. The van der Waals surface area contributed by atoms with E-state index in [1.165, 1.54) is 6.92 Å². The molecule has 0 aromatic heterocycles. The van der Waals surface area contributed by atoms with Gasteiger partial charge in [0.05, 0.1) is 17.3 Å². The van der Waals surface area contributed by atoms with Crippen molar-refractivity contribution in [2.24, 2.45) is 39.4 Å². The molecule has 4 aliphatic rings. The Morgan fingerprint density at radius 2 is 1.59 bits per heavy atom. The van der Waals surface area contributed by atoms with Crippen molar-refractivity contribution in [1.29, 1.82) is 0 Å². The Morgan fingerprint density at radius 1 is 0.955 bits per heavy atom.